The number of piperazine rings is 1. The maximum absolute atomic E-state index is 11.5. The average molecular weight is 456 g/mol. The van der Waals surface area contributed by atoms with Crippen LogP contribution in [0.2, 0.25) is 0 Å². The molecule has 0 atom stereocenters. The minimum atomic E-state index is -1.26. The van der Waals surface area contributed by atoms with Gasteiger partial charge in [0.15, 0.2) is 0 Å². The molecule has 2 aliphatic rings. The molecule has 0 amide bonds. The number of nitrogens with zero attached hydrogens (tertiary/aromatic N) is 7. The number of anilines is 3. The molecule has 1 N–H and O–H groups in total. The first kappa shape index (κ1) is 23.6. The topological polar surface area (TPSA) is 115 Å². The largest absolute Gasteiger partial charge is 1.00 e. The number of hydrogen-bond acceptors (Lipinski definition) is 9. The summed E-state index contributed by atoms with van der Waals surface area (Å²) in [6.45, 7) is 6.52. The second-order valence-electron chi connectivity index (χ2n) is 8.16. The summed E-state index contributed by atoms with van der Waals surface area (Å²) in [6, 6.07) is 3.97. The number of aromatic carboxylic acids is 1. The van der Waals surface area contributed by atoms with Gasteiger partial charge in [0.2, 0.25) is 5.95 Å². The first-order chi connectivity index (χ1) is 15.5. The predicted octanol–water partition coefficient (Wildman–Crippen LogP) is -2.28. The van der Waals surface area contributed by atoms with Crippen LogP contribution in [0.25, 0.3) is 11.4 Å². The quantitative estimate of drug-likeness (QED) is 0.424. The van der Waals surface area contributed by atoms with E-state index >= 15 is 0 Å². The predicted molar refractivity (Wildman–Crippen MR) is 118 cm³/mol. The molecule has 11 heteroatoms. The molecular weight excluding hydrogens is 431 g/mol. The van der Waals surface area contributed by atoms with Crippen LogP contribution in [-0.2, 0) is 19.4 Å². The second-order valence-corrected chi connectivity index (χ2v) is 8.16. The zero-order valence-electron chi connectivity index (χ0n) is 19.2. The van der Waals surface area contributed by atoms with E-state index in [0.29, 0.717) is 42.4 Å². The van der Waals surface area contributed by atoms with Gasteiger partial charge in [0.05, 0.1) is 29.2 Å². The molecule has 0 spiro atoms. The zero-order chi connectivity index (χ0) is 22.2. The van der Waals surface area contributed by atoms with Crippen molar-refractivity contribution in [3.05, 3.63) is 41.3 Å². The van der Waals surface area contributed by atoms with Crippen molar-refractivity contribution in [1.82, 2.24) is 29.6 Å². The monoisotopic (exact) mass is 456 g/mol. The van der Waals surface area contributed by atoms with Crippen LogP contribution >= 0.6 is 0 Å². The number of likely N-dealkylation sites (N-methyl/N-ethyl adjacent to an activating group) is 1. The van der Waals surface area contributed by atoms with Crippen molar-refractivity contribution < 1.29 is 39.5 Å². The third-order valence-corrected chi connectivity index (χ3v) is 6.13. The molecule has 0 bridgehead atoms. The molecule has 3 aromatic rings. The van der Waals surface area contributed by atoms with E-state index in [4.69, 9.17) is 4.98 Å². The van der Waals surface area contributed by atoms with E-state index in [0.717, 1.165) is 43.1 Å². The third kappa shape index (κ3) is 4.61. The van der Waals surface area contributed by atoms with Crippen molar-refractivity contribution in [2.24, 2.45) is 0 Å². The summed E-state index contributed by atoms with van der Waals surface area (Å²) in [7, 11) is 2.14. The number of pyridine rings is 1. The molecule has 10 nitrogen and oxygen atoms in total. The summed E-state index contributed by atoms with van der Waals surface area (Å²) >= 11 is 0. The summed E-state index contributed by atoms with van der Waals surface area (Å²) in [5.74, 6) is -0.192. The van der Waals surface area contributed by atoms with Gasteiger partial charge < -0.3 is 25.0 Å². The Hall–Kier alpha value is -2.53. The molecule has 1 aliphatic heterocycles. The van der Waals surface area contributed by atoms with Crippen LogP contribution in [0.1, 0.15) is 28.5 Å². The van der Waals surface area contributed by atoms with E-state index in [2.05, 4.69) is 43.3 Å². The van der Waals surface area contributed by atoms with Gasteiger partial charge in [-0.3, -0.25) is 4.68 Å². The molecule has 1 saturated heterocycles. The number of hydrogen-bond donors (Lipinski definition) is 1. The number of carbonyl (C=O) groups is 1. The van der Waals surface area contributed by atoms with Gasteiger partial charge in [0.25, 0.3) is 0 Å². The van der Waals surface area contributed by atoms with Crippen LogP contribution in [0.4, 0.5) is 17.5 Å². The Bertz CT molecular complexity index is 1160. The summed E-state index contributed by atoms with van der Waals surface area (Å²) < 4.78 is 1.68. The van der Waals surface area contributed by atoms with Crippen molar-refractivity contribution >= 4 is 23.4 Å². The Kier molecular flexibility index (Phi) is 6.99. The average Bonchev–Trinajstić information content (AvgIpc) is 3.20. The third-order valence-electron chi connectivity index (χ3n) is 6.13. The van der Waals surface area contributed by atoms with E-state index < -0.39 is 5.97 Å². The Balaban J connectivity index is 0.00000259. The fourth-order valence-corrected chi connectivity index (χ4v) is 4.33. The smallest absolute Gasteiger partial charge is 0.543 e. The fraction of sp³-hybridized carbons (Fsp3) is 0.409. The molecule has 0 saturated carbocycles. The van der Waals surface area contributed by atoms with E-state index in [9.17, 15) is 9.90 Å². The van der Waals surface area contributed by atoms with Crippen molar-refractivity contribution in [2.75, 3.05) is 43.4 Å². The van der Waals surface area contributed by atoms with Crippen LogP contribution in [0.3, 0.4) is 0 Å². The number of aromatic nitrogens is 5. The molecule has 0 unspecified atom stereocenters. The van der Waals surface area contributed by atoms with E-state index in [-0.39, 0.29) is 35.3 Å². The SMILES string of the molecule is CCn1nc(C(=O)[O-])c2c1-c1nc(Nc3ccc(N4CCN(C)CC4)cn3)ncc1CC2.[Na+]. The zero-order valence-corrected chi connectivity index (χ0v) is 21.2. The molecule has 1 fully saturated rings. The van der Waals surface area contributed by atoms with Gasteiger partial charge >= 0.3 is 29.6 Å². The Morgan fingerprint density at radius 3 is 2.58 bits per heavy atom. The molecule has 5 rings (SSSR count). The van der Waals surface area contributed by atoms with E-state index in [1.165, 1.54) is 0 Å². The molecule has 3 aromatic heterocycles. The van der Waals surface area contributed by atoms with Crippen molar-refractivity contribution in [3.8, 4) is 11.4 Å². The van der Waals surface area contributed by atoms with Crippen LogP contribution in [0.15, 0.2) is 24.5 Å². The Labute approximate surface area is 214 Å². The number of nitrogens with one attached hydrogen (secondary N) is 1. The number of carbonyl (C=O) groups excluding carboxylic acids is 1. The Morgan fingerprint density at radius 1 is 1.12 bits per heavy atom. The molecule has 166 valence electrons. The molecule has 33 heavy (non-hydrogen) atoms. The van der Waals surface area contributed by atoms with E-state index in [1.807, 2.05) is 19.2 Å². The standard InChI is InChI=1S/C22H26N8O2.Na/c1-3-30-20-16(19(27-30)21(31)32)6-4-14-12-24-22(26-18(14)20)25-17-7-5-15(13-23-17)29-10-8-28(2)9-11-29;/h5,7,12-13H,3-4,6,8-11H2,1-2H3,(H,31,32)(H,23,24,25,26);/q;+1/p-1. The minimum absolute atomic E-state index is 0. The number of carboxylic acids is 1. The van der Waals surface area contributed by atoms with Crippen LogP contribution in [0.5, 0.6) is 0 Å². The van der Waals surface area contributed by atoms with E-state index in [1.54, 1.807) is 10.9 Å². The van der Waals surface area contributed by atoms with Gasteiger partial charge in [0, 0.05) is 44.5 Å². The fourth-order valence-electron chi connectivity index (χ4n) is 4.33. The molecule has 0 aromatic carbocycles. The Morgan fingerprint density at radius 2 is 1.91 bits per heavy atom. The first-order valence-corrected chi connectivity index (χ1v) is 10.9. The minimum Gasteiger partial charge on any atom is -0.543 e. The number of carboxylic acid groups (broad SMARTS) is 1. The molecular formula is C22H25N8NaO2. The van der Waals surface area contributed by atoms with Crippen LogP contribution in [0, 0.1) is 0 Å². The van der Waals surface area contributed by atoms with Crippen molar-refractivity contribution in [1.29, 1.82) is 0 Å². The van der Waals surface area contributed by atoms with Gasteiger partial charge in [-0.05, 0) is 44.5 Å². The van der Waals surface area contributed by atoms with Crippen LogP contribution < -0.4 is 44.9 Å². The van der Waals surface area contributed by atoms with Crippen molar-refractivity contribution in [2.45, 2.75) is 26.3 Å². The van der Waals surface area contributed by atoms with Gasteiger partial charge in [0.1, 0.15) is 11.5 Å². The summed E-state index contributed by atoms with van der Waals surface area (Å²) in [5.41, 5.74) is 4.19. The normalized spacial score (nSPS) is 15.4. The van der Waals surface area contributed by atoms with Gasteiger partial charge in [-0.15, -0.1) is 0 Å². The number of rotatable bonds is 5. The maximum Gasteiger partial charge on any atom is 1.00 e. The molecule has 4 heterocycles. The summed E-state index contributed by atoms with van der Waals surface area (Å²) in [6.07, 6.45) is 4.90. The number of aryl methyl sites for hydroxylation is 2. The molecule has 1 aliphatic carbocycles. The van der Waals surface area contributed by atoms with Gasteiger partial charge in [-0.1, -0.05) is 0 Å². The van der Waals surface area contributed by atoms with Crippen molar-refractivity contribution in [3.63, 3.8) is 0 Å². The summed E-state index contributed by atoms with van der Waals surface area (Å²) in [5, 5.41) is 18.9. The second kappa shape index (κ2) is 9.76. The van der Waals surface area contributed by atoms with Crippen LogP contribution in [-0.4, -0.2) is 68.8 Å². The number of fused-ring (bicyclic) bond motifs is 3. The maximum atomic E-state index is 11.5. The van der Waals surface area contributed by atoms with Gasteiger partial charge in [-0.2, -0.15) is 5.10 Å². The van der Waals surface area contributed by atoms with Gasteiger partial charge in [-0.25, -0.2) is 15.0 Å². The molecule has 0 radical (unpaired) electrons. The summed E-state index contributed by atoms with van der Waals surface area (Å²) in [4.78, 5) is 29.9. The first-order valence-electron chi connectivity index (χ1n) is 10.9.